The van der Waals surface area contributed by atoms with E-state index in [9.17, 15) is 17.2 Å². The van der Waals surface area contributed by atoms with Gasteiger partial charge < -0.3 is 10.5 Å². The van der Waals surface area contributed by atoms with Gasteiger partial charge in [-0.3, -0.25) is 0 Å². The van der Waals surface area contributed by atoms with E-state index < -0.39 is 26.3 Å². The first-order valence-electron chi connectivity index (χ1n) is 4.46. The van der Waals surface area contributed by atoms with E-state index in [1.165, 1.54) is 0 Å². The van der Waals surface area contributed by atoms with Crippen molar-refractivity contribution in [2.24, 2.45) is 5.73 Å². The number of benzene rings is 1. The molecule has 0 saturated carbocycles. The fraction of sp³-hybridized carbons (Fsp3) is 0.222. The maximum absolute atomic E-state index is 12.2. The van der Waals surface area contributed by atoms with Crippen LogP contribution >= 0.6 is 10.7 Å². The van der Waals surface area contributed by atoms with Gasteiger partial charge in [-0.2, -0.15) is 14.0 Å². The standard InChI is InChI=1S/C9H7ClF2N2O3S/c10-18(15,16)6-1-5(3-13)7(4-14)8(2-6)17-9(11)12/h1-2,9H,3,13H2. The Hall–Kier alpha value is -1.43. The SMILES string of the molecule is N#Cc1c(CN)cc(S(=O)(=O)Cl)cc1OC(F)F. The zero-order valence-electron chi connectivity index (χ0n) is 8.73. The normalized spacial score (nSPS) is 11.3. The van der Waals surface area contributed by atoms with Crippen molar-refractivity contribution >= 4 is 19.7 Å². The first-order valence-corrected chi connectivity index (χ1v) is 6.77. The van der Waals surface area contributed by atoms with E-state index in [1.54, 1.807) is 6.07 Å². The van der Waals surface area contributed by atoms with Crippen LogP contribution in [0.5, 0.6) is 5.75 Å². The van der Waals surface area contributed by atoms with Crippen LogP contribution in [-0.4, -0.2) is 15.0 Å². The lowest BCUT2D eigenvalue weighted by Crippen LogP contribution is -2.08. The van der Waals surface area contributed by atoms with Crippen LogP contribution in [-0.2, 0) is 15.6 Å². The molecule has 1 aromatic carbocycles. The zero-order valence-corrected chi connectivity index (χ0v) is 10.3. The highest BCUT2D eigenvalue weighted by atomic mass is 35.7. The maximum atomic E-state index is 12.2. The maximum Gasteiger partial charge on any atom is 0.387 e. The molecule has 0 radical (unpaired) electrons. The Kier molecular flexibility index (Phi) is 4.45. The van der Waals surface area contributed by atoms with Gasteiger partial charge in [-0.1, -0.05) is 0 Å². The number of nitrogens with zero attached hydrogens (tertiary/aromatic N) is 1. The third-order valence-electron chi connectivity index (χ3n) is 1.99. The van der Waals surface area contributed by atoms with Crippen LogP contribution in [0.2, 0.25) is 0 Å². The number of nitrogens with two attached hydrogens (primary N) is 1. The number of hydrogen-bond donors (Lipinski definition) is 1. The Bertz CT molecular complexity index is 599. The second kappa shape index (κ2) is 5.48. The monoisotopic (exact) mass is 296 g/mol. The largest absolute Gasteiger partial charge is 0.433 e. The number of alkyl halides is 2. The van der Waals surface area contributed by atoms with Crippen molar-refractivity contribution in [2.75, 3.05) is 0 Å². The molecule has 5 nitrogen and oxygen atoms in total. The van der Waals surface area contributed by atoms with Crippen LogP contribution in [0.25, 0.3) is 0 Å². The minimum atomic E-state index is -4.14. The van der Waals surface area contributed by atoms with E-state index in [-0.39, 0.29) is 17.7 Å². The summed E-state index contributed by atoms with van der Waals surface area (Å²) in [4.78, 5) is -0.459. The van der Waals surface area contributed by atoms with Gasteiger partial charge in [0.2, 0.25) is 0 Å². The number of hydrogen-bond acceptors (Lipinski definition) is 5. The Morgan fingerprint density at radius 2 is 2.11 bits per heavy atom. The van der Waals surface area contributed by atoms with Crippen LogP contribution in [0.1, 0.15) is 11.1 Å². The Balaban J connectivity index is 3.52. The molecule has 0 heterocycles. The Morgan fingerprint density at radius 1 is 1.50 bits per heavy atom. The molecule has 0 atom stereocenters. The summed E-state index contributed by atoms with van der Waals surface area (Å²) in [5.74, 6) is -0.574. The van der Waals surface area contributed by atoms with Gasteiger partial charge in [0, 0.05) is 23.3 Å². The molecule has 98 valence electrons. The molecule has 0 aliphatic rings. The van der Waals surface area contributed by atoms with Gasteiger partial charge in [0.05, 0.1) is 10.5 Å². The number of halogens is 3. The molecule has 0 aliphatic carbocycles. The van der Waals surface area contributed by atoms with Crippen LogP contribution in [0.4, 0.5) is 8.78 Å². The molecule has 0 bridgehead atoms. The first kappa shape index (κ1) is 14.6. The predicted molar refractivity (Wildman–Crippen MR) is 58.7 cm³/mol. The fourth-order valence-corrected chi connectivity index (χ4v) is 2.06. The van der Waals surface area contributed by atoms with Crippen molar-refractivity contribution in [3.8, 4) is 11.8 Å². The van der Waals surface area contributed by atoms with Crippen LogP contribution in [0, 0.1) is 11.3 Å². The third-order valence-corrected chi connectivity index (χ3v) is 3.32. The highest BCUT2D eigenvalue weighted by molar-refractivity contribution is 8.13. The highest BCUT2D eigenvalue weighted by Gasteiger charge is 2.19. The van der Waals surface area contributed by atoms with Gasteiger partial charge in [0.1, 0.15) is 11.8 Å². The molecule has 0 fully saturated rings. The van der Waals surface area contributed by atoms with Crippen molar-refractivity contribution in [3.05, 3.63) is 23.3 Å². The smallest absolute Gasteiger partial charge is 0.387 e. The molecule has 0 unspecified atom stereocenters. The van der Waals surface area contributed by atoms with Gasteiger partial charge in [-0.05, 0) is 11.6 Å². The summed E-state index contributed by atoms with van der Waals surface area (Å²) >= 11 is 0. The second-order valence-corrected chi connectivity index (χ2v) is 5.65. The van der Waals surface area contributed by atoms with E-state index in [0.29, 0.717) is 0 Å². The van der Waals surface area contributed by atoms with E-state index >= 15 is 0 Å². The molecule has 9 heteroatoms. The quantitative estimate of drug-likeness (QED) is 0.851. The van der Waals surface area contributed by atoms with Gasteiger partial charge in [-0.25, -0.2) is 8.42 Å². The third kappa shape index (κ3) is 3.29. The second-order valence-electron chi connectivity index (χ2n) is 3.09. The van der Waals surface area contributed by atoms with Crippen molar-refractivity contribution in [1.82, 2.24) is 0 Å². The minimum absolute atomic E-state index is 0.0508. The highest BCUT2D eigenvalue weighted by Crippen LogP contribution is 2.29. The number of nitriles is 1. The van der Waals surface area contributed by atoms with Crippen LogP contribution in [0.3, 0.4) is 0 Å². The summed E-state index contributed by atoms with van der Waals surface area (Å²) in [5.41, 5.74) is 5.11. The molecular weight excluding hydrogens is 290 g/mol. The van der Waals surface area contributed by atoms with E-state index in [4.69, 9.17) is 21.7 Å². The predicted octanol–water partition coefficient (Wildman–Crippen LogP) is 1.55. The lowest BCUT2D eigenvalue weighted by atomic mass is 10.1. The average Bonchev–Trinajstić information content (AvgIpc) is 2.25. The Labute approximate surface area is 106 Å². The van der Waals surface area contributed by atoms with Gasteiger partial charge in [0.25, 0.3) is 9.05 Å². The number of rotatable bonds is 4. The molecule has 2 N–H and O–H groups in total. The molecule has 0 aliphatic heterocycles. The van der Waals surface area contributed by atoms with Crippen molar-refractivity contribution in [1.29, 1.82) is 5.26 Å². The summed E-state index contributed by atoms with van der Waals surface area (Å²) in [6.45, 7) is -3.42. The zero-order chi connectivity index (χ0) is 13.9. The van der Waals surface area contributed by atoms with Crippen LogP contribution < -0.4 is 10.5 Å². The molecule has 0 aromatic heterocycles. The van der Waals surface area contributed by atoms with E-state index in [0.717, 1.165) is 12.1 Å². The van der Waals surface area contributed by atoms with Gasteiger partial charge in [0.15, 0.2) is 0 Å². The molecular formula is C9H7ClF2N2O3S. The molecule has 0 saturated heterocycles. The fourth-order valence-electron chi connectivity index (χ4n) is 1.26. The van der Waals surface area contributed by atoms with Gasteiger partial charge in [-0.15, -0.1) is 0 Å². The summed E-state index contributed by atoms with van der Waals surface area (Å²) in [7, 11) is 0.961. The molecule has 1 aromatic rings. The topological polar surface area (TPSA) is 93.2 Å². The molecule has 18 heavy (non-hydrogen) atoms. The van der Waals surface area contributed by atoms with E-state index in [1.807, 2.05) is 0 Å². The minimum Gasteiger partial charge on any atom is -0.433 e. The molecule has 1 rings (SSSR count). The van der Waals surface area contributed by atoms with E-state index in [2.05, 4.69) is 4.74 Å². The van der Waals surface area contributed by atoms with Gasteiger partial charge >= 0.3 is 6.61 Å². The first-order chi connectivity index (χ1) is 8.29. The number of ether oxygens (including phenoxy) is 1. The summed E-state index contributed by atoms with van der Waals surface area (Å²) in [6, 6.07) is 3.42. The summed E-state index contributed by atoms with van der Waals surface area (Å²) in [6.07, 6.45) is 0. The van der Waals surface area contributed by atoms with Crippen molar-refractivity contribution in [2.45, 2.75) is 18.1 Å². The van der Waals surface area contributed by atoms with Crippen LogP contribution in [0.15, 0.2) is 17.0 Å². The summed E-state index contributed by atoms with van der Waals surface area (Å²) < 4.78 is 50.7. The van der Waals surface area contributed by atoms with Crippen molar-refractivity contribution < 1.29 is 21.9 Å². The lowest BCUT2D eigenvalue weighted by Gasteiger charge is -2.11. The summed E-state index contributed by atoms with van der Waals surface area (Å²) in [5, 5.41) is 8.82. The molecule has 0 amide bonds. The molecule has 0 spiro atoms. The lowest BCUT2D eigenvalue weighted by molar-refractivity contribution is -0.0502. The van der Waals surface area contributed by atoms with Crippen molar-refractivity contribution in [3.63, 3.8) is 0 Å². The average molecular weight is 297 g/mol. The Morgan fingerprint density at radius 3 is 2.50 bits per heavy atom.